The minimum Gasteiger partial charge on any atom is -0.385 e. The van der Waals surface area contributed by atoms with Crippen LogP contribution in [0.3, 0.4) is 0 Å². The van der Waals surface area contributed by atoms with Crippen LogP contribution in [-0.2, 0) is 4.74 Å². The van der Waals surface area contributed by atoms with E-state index in [0.717, 1.165) is 28.6 Å². The second-order valence-electron chi connectivity index (χ2n) is 3.64. The fraction of sp³-hybridized carbons (Fsp3) is 0.500. The Labute approximate surface area is 110 Å². The van der Waals surface area contributed by atoms with Crippen molar-refractivity contribution >= 4 is 22.6 Å². The third-order valence-corrected chi connectivity index (χ3v) is 3.46. The molecular weight excluding hydrogens is 320 g/mol. The molecule has 0 aliphatic rings. The van der Waals surface area contributed by atoms with Gasteiger partial charge in [-0.3, -0.25) is 0 Å². The molecule has 1 N–H and O–H groups in total. The van der Waals surface area contributed by atoms with E-state index in [-0.39, 0.29) is 11.9 Å². The topological polar surface area (TPSA) is 21.3 Å². The third kappa shape index (κ3) is 3.99. The molecule has 1 aromatic carbocycles. The Morgan fingerprint density at radius 2 is 2.25 bits per heavy atom. The van der Waals surface area contributed by atoms with Crippen molar-refractivity contribution in [1.82, 2.24) is 5.32 Å². The lowest BCUT2D eigenvalue weighted by Crippen LogP contribution is -2.18. The van der Waals surface area contributed by atoms with Gasteiger partial charge >= 0.3 is 0 Å². The molecule has 0 aliphatic carbocycles. The Hall–Kier alpha value is -0.200. The Morgan fingerprint density at radius 1 is 1.50 bits per heavy atom. The maximum Gasteiger partial charge on any atom is 0.124 e. The maximum atomic E-state index is 13.0. The first-order valence-electron chi connectivity index (χ1n) is 5.30. The molecule has 0 saturated heterocycles. The fourth-order valence-electron chi connectivity index (χ4n) is 1.67. The molecule has 0 radical (unpaired) electrons. The number of methoxy groups -OCH3 is 1. The second kappa shape index (κ2) is 7.19. The quantitative estimate of drug-likeness (QED) is 0.636. The molecule has 4 heteroatoms. The standard InChI is InChI=1S/C12H17FINO/c1-15-12(4-3-7-16-2)10-6-5-9(13)8-11(10)14/h5-6,8,12,15H,3-4,7H2,1-2H3. The molecule has 1 unspecified atom stereocenters. The second-order valence-corrected chi connectivity index (χ2v) is 4.80. The van der Waals surface area contributed by atoms with Gasteiger partial charge in [-0.2, -0.15) is 0 Å². The highest BCUT2D eigenvalue weighted by molar-refractivity contribution is 14.1. The summed E-state index contributed by atoms with van der Waals surface area (Å²) >= 11 is 2.17. The van der Waals surface area contributed by atoms with Gasteiger partial charge in [0.1, 0.15) is 5.82 Å². The van der Waals surface area contributed by atoms with E-state index in [1.165, 1.54) is 6.07 Å². The summed E-state index contributed by atoms with van der Waals surface area (Å²) in [5.41, 5.74) is 1.15. The summed E-state index contributed by atoms with van der Waals surface area (Å²) in [6, 6.07) is 5.20. The normalized spacial score (nSPS) is 12.8. The van der Waals surface area contributed by atoms with E-state index in [2.05, 4.69) is 27.9 Å². The molecule has 1 rings (SSSR count). The maximum absolute atomic E-state index is 13.0. The first kappa shape index (κ1) is 13.9. The largest absolute Gasteiger partial charge is 0.385 e. The first-order valence-corrected chi connectivity index (χ1v) is 6.38. The van der Waals surface area contributed by atoms with Crippen LogP contribution in [0.2, 0.25) is 0 Å². The average molecular weight is 337 g/mol. The van der Waals surface area contributed by atoms with Crippen molar-refractivity contribution in [3.8, 4) is 0 Å². The molecule has 0 fully saturated rings. The number of ether oxygens (including phenoxy) is 1. The summed E-state index contributed by atoms with van der Waals surface area (Å²) in [7, 11) is 3.63. The average Bonchev–Trinajstić information content (AvgIpc) is 2.26. The molecular formula is C12H17FINO. The summed E-state index contributed by atoms with van der Waals surface area (Å²) in [6.45, 7) is 0.760. The Morgan fingerprint density at radius 3 is 2.81 bits per heavy atom. The number of hydrogen-bond donors (Lipinski definition) is 1. The van der Waals surface area contributed by atoms with Crippen molar-refractivity contribution in [3.63, 3.8) is 0 Å². The minimum atomic E-state index is -0.181. The summed E-state index contributed by atoms with van der Waals surface area (Å²) in [5, 5.41) is 3.25. The minimum absolute atomic E-state index is 0.181. The van der Waals surface area contributed by atoms with Gasteiger partial charge in [0.15, 0.2) is 0 Å². The van der Waals surface area contributed by atoms with Crippen LogP contribution < -0.4 is 5.32 Å². The van der Waals surface area contributed by atoms with Gasteiger partial charge in [0, 0.05) is 23.3 Å². The van der Waals surface area contributed by atoms with Crippen LogP contribution in [0.1, 0.15) is 24.4 Å². The van der Waals surface area contributed by atoms with Gasteiger partial charge in [0.2, 0.25) is 0 Å². The lowest BCUT2D eigenvalue weighted by molar-refractivity contribution is 0.189. The van der Waals surface area contributed by atoms with Crippen LogP contribution in [0.25, 0.3) is 0 Å². The zero-order valence-corrected chi connectivity index (χ0v) is 11.8. The lowest BCUT2D eigenvalue weighted by atomic mass is 10.0. The molecule has 0 aromatic heterocycles. The van der Waals surface area contributed by atoms with Crippen molar-refractivity contribution in [2.24, 2.45) is 0 Å². The molecule has 0 saturated carbocycles. The molecule has 0 bridgehead atoms. The summed E-state index contributed by atoms with van der Waals surface area (Å²) in [6.07, 6.45) is 1.99. The number of nitrogens with one attached hydrogen (secondary N) is 1. The number of hydrogen-bond acceptors (Lipinski definition) is 2. The van der Waals surface area contributed by atoms with Crippen molar-refractivity contribution in [2.75, 3.05) is 20.8 Å². The van der Waals surface area contributed by atoms with E-state index < -0.39 is 0 Å². The highest BCUT2D eigenvalue weighted by Gasteiger charge is 2.12. The Bertz CT molecular complexity index is 333. The van der Waals surface area contributed by atoms with Crippen LogP contribution in [0.4, 0.5) is 4.39 Å². The Kier molecular flexibility index (Phi) is 6.23. The molecule has 0 amide bonds. The summed E-state index contributed by atoms with van der Waals surface area (Å²) in [4.78, 5) is 0. The van der Waals surface area contributed by atoms with Gasteiger partial charge in [-0.15, -0.1) is 0 Å². The van der Waals surface area contributed by atoms with E-state index in [9.17, 15) is 4.39 Å². The zero-order valence-electron chi connectivity index (χ0n) is 9.59. The van der Waals surface area contributed by atoms with Crippen molar-refractivity contribution < 1.29 is 9.13 Å². The predicted octanol–water partition coefficient (Wildman–Crippen LogP) is 3.12. The molecule has 0 aliphatic heterocycles. The molecule has 90 valence electrons. The van der Waals surface area contributed by atoms with Crippen LogP contribution >= 0.6 is 22.6 Å². The first-order chi connectivity index (χ1) is 7.69. The zero-order chi connectivity index (χ0) is 12.0. The van der Waals surface area contributed by atoms with E-state index in [4.69, 9.17) is 4.74 Å². The summed E-state index contributed by atoms with van der Waals surface area (Å²) < 4.78 is 19.0. The van der Waals surface area contributed by atoms with Crippen molar-refractivity contribution in [2.45, 2.75) is 18.9 Å². The van der Waals surface area contributed by atoms with Crippen LogP contribution in [-0.4, -0.2) is 20.8 Å². The van der Waals surface area contributed by atoms with Gasteiger partial charge in [-0.05, 0) is 60.2 Å². The third-order valence-electron chi connectivity index (χ3n) is 2.53. The summed E-state index contributed by atoms with van der Waals surface area (Å²) in [5.74, 6) is -0.181. The van der Waals surface area contributed by atoms with Gasteiger partial charge in [0.05, 0.1) is 0 Å². The van der Waals surface area contributed by atoms with E-state index in [0.29, 0.717) is 0 Å². The number of benzene rings is 1. The van der Waals surface area contributed by atoms with Gasteiger partial charge in [0.25, 0.3) is 0 Å². The highest BCUT2D eigenvalue weighted by atomic mass is 127. The van der Waals surface area contributed by atoms with Crippen LogP contribution in [0, 0.1) is 9.39 Å². The van der Waals surface area contributed by atoms with E-state index in [1.54, 1.807) is 13.2 Å². The number of halogens is 2. The van der Waals surface area contributed by atoms with Crippen LogP contribution in [0.5, 0.6) is 0 Å². The Balaban J connectivity index is 2.70. The van der Waals surface area contributed by atoms with Crippen molar-refractivity contribution in [3.05, 3.63) is 33.1 Å². The van der Waals surface area contributed by atoms with Gasteiger partial charge < -0.3 is 10.1 Å². The molecule has 1 atom stereocenters. The molecule has 16 heavy (non-hydrogen) atoms. The molecule has 1 aromatic rings. The number of rotatable bonds is 6. The van der Waals surface area contributed by atoms with Crippen molar-refractivity contribution in [1.29, 1.82) is 0 Å². The molecule has 0 spiro atoms. The van der Waals surface area contributed by atoms with E-state index >= 15 is 0 Å². The monoisotopic (exact) mass is 337 g/mol. The lowest BCUT2D eigenvalue weighted by Gasteiger charge is -2.18. The van der Waals surface area contributed by atoms with E-state index in [1.807, 2.05) is 13.1 Å². The molecule has 0 heterocycles. The SMILES string of the molecule is CNC(CCCOC)c1ccc(F)cc1I. The fourth-order valence-corrected chi connectivity index (χ4v) is 2.52. The predicted molar refractivity (Wildman–Crippen MR) is 72.0 cm³/mol. The van der Waals surface area contributed by atoms with Gasteiger partial charge in [-0.1, -0.05) is 6.07 Å². The van der Waals surface area contributed by atoms with Gasteiger partial charge in [-0.25, -0.2) is 4.39 Å². The van der Waals surface area contributed by atoms with Crippen LogP contribution in [0.15, 0.2) is 18.2 Å². The smallest absolute Gasteiger partial charge is 0.124 e. The molecule has 2 nitrogen and oxygen atoms in total. The highest BCUT2D eigenvalue weighted by Crippen LogP contribution is 2.24.